The molecule has 1 aliphatic carbocycles. The first-order valence-corrected chi connectivity index (χ1v) is 8.98. The minimum atomic E-state index is -3.67. The van der Waals surface area contributed by atoms with E-state index in [1.54, 1.807) is 6.92 Å². The number of amides is 1. The fraction of sp³-hybridized carbons (Fsp3) is 0.846. The Kier molecular flexibility index (Phi) is 9.03. The molecule has 0 heterocycles. The molecule has 0 unspecified atom stereocenters. The first-order valence-electron chi connectivity index (χ1n) is 7.13. The van der Waals surface area contributed by atoms with Crippen LogP contribution in [0.15, 0.2) is 0 Å². The van der Waals surface area contributed by atoms with Crippen LogP contribution >= 0.6 is 0 Å². The van der Waals surface area contributed by atoms with Crippen LogP contribution in [0.3, 0.4) is 0 Å². The summed E-state index contributed by atoms with van der Waals surface area (Å²) in [5.41, 5.74) is -0.281. The molecule has 22 heavy (non-hydrogen) atoms. The summed E-state index contributed by atoms with van der Waals surface area (Å²) in [5.74, 6) is -0.794. The van der Waals surface area contributed by atoms with Gasteiger partial charge >= 0.3 is 12.1 Å². The number of ether oxygens (including phenoxy) is 1. The summed E-state index contributed by atoms with van der Waals surface area (Å²) in [6.07, 6.45) is 5.35. The number of carbonyl (C=O) groups excluding carboxylic acids is 1. The van der Waals surface area contributed by atoms with Crippen LogP contribution < -0.4 is 5.32 Å². The molecule has 8 nitrogen and oxygen atoms in total. The van der Waals surface area contributed by atoms with Crippen LogP contribution in [0.4, 0.5) is 4.79 Å². The summed E-state index contributed by atoms with van der Waals surface area (Å²) in [5, 5.41) is 11.6. The highest BCUT2D eigenvalue weighted by Gasteiger charge is 2.34. The van der Waals surface area contributed by atoms with Crippen LogP contribution in [-0.4, -0.2) is 49.5 Å². The predicted octanol–water partition coefficient (Wildman–Crippen LogP) is 1.66. The summed E-state index contributed by atoms with van der Waals surface area (Å²) in [6, 6.07) is 0. The Balaban J connectivity index is 0.000000763. The Labute approximate surface area is 131 Å². The van der Waals surface area contributed by atoms with Crippen molar-refractivity contribution >= 4 is 22.2 Å². The van der Waals surface area contributed by atoms with E-state index in [-0.39, 0.29) is 11.8 Å². The zero-order chi connectivity index (χ0) is 17.2. The lowest BCUT2D eigenvalue weighted by molar-refractivity contribution is -0.140. The summed E-state index contributed by atoms with van der Waals surface area (Å²) < 4.78 is 30.7. The molecule has 1 saturated carbocycles. The number of aliphatic carboxylic acids is 1. The quantitative estimate of drug-likeness (QED) is 0.649. The molecule has 130 valence electrons. The lowest BCUT2D eigenvalue weighted by atomic mass is 9.72. The monoisotopic (exact) mass is 339 g/mol. The van der Waals surface area contributed by atoms with E-state index in [2.05, 4.69) is 5.32 Å². The number of hydrogen-bond acceptors (Lipinski definition) is 5. The minimum absolute atomic E-state index is 0.124. The molecule has 1 rings (SSSR count). The maximum atomic E-state index is 11.2. The number of carboxylic acids is 1. The van der Waals surface area contributed by atoms with Crippen LogP contribution in [-0.2, 0) is 19.6 Å². The number of alkyl carbamates (subject to hydrolysis) is 1. The molecular weight excluding hydrogens is 314 g/mol. The highest BCUT2D eigenvalue weighted by Crippen LogP contribution is 2.38. The standard InChI is InChI=1S/C12H21NO4.CH4O3S/c1-2-17-11(16)13-9-12(8-10(14)15)6-4-3-5-7-12;1-5(2,3)4/h2-9H2,1H3,(H,13,16)(H,14,15);1H3,(H,2,3,4). The molecule has 0 spiro atoms. The largest absolute Gasteiger partial charge is 0.481 e. The summed E-state index contributed by atoms with van der Waals surface area (Å²) in [4.78, 5) is 22.1. The minimum Gasteiger partial charge on any atom is -0.481 e. The molecule has 1 amide bonds. The van der Waals surface area contributed by atoms with Crippen molar-refractivity contribution in [1.29, 1.82) is 0 Å². The molecule has 3 N–H and O–H groups in total. The Morgan fingerprint density at radius 1 is 1.23 bits per heavy atom. The maximum Gasteiger partial charge on any atom is 0.407 e. The van der Waals surface area contributed by atoms with Crippen LogP contribution in [0.1, 0.15) is 45.4 Å². The second-order valence-corrected chi connectivity index (χ2v) is 6.90. The normalized spacial score (nSPS) is 16.9. The van der Waals surface area contributed by atoms with Crippen LogP contribution in [0.5, 0.6) is 0 Å². The Morgan fingerprint density at radius 3 is 2.14 bits per heavy atom. The van der Waals surface area contributed by atoms with Crippen molar-refractivity contribution in [2.75, 3.05) is 19.4 Å². The second kappa shape index (κ2) is 9.62. The van der Waals surface area contributed by atoms with Gasteiger partial charge < -0.3 is 15.2 Å². The number of hydrogen-bond donors (Lipinski definition) is 3. The molecular formula is C13H25NO7S. The van der Waals surface area contributed by atoms with E-state index in [1.807, 2.05) is 0 Å². The summed E-state index contributed by atoms with van der Waals surface area (Å²) >= 11 is 0. The van der Waals surface area contributed by atoms with Gasteiger partial charge in [-0.15, -0.1) is 0 Å². The highest BCUT2D eigenvalue weighted by atomic mass is 32.2. The number of carbonyl (C=O) groups is 2. The third-order valence-corrected chi connectivity index (χ3v) is 3.32. The van der Waals surface area contributed by atoms with Gasteiger partial charge in [-0.25, -0.2) is 4.79 Å². The summed E-state index contributed by atoms with van der Waals surface area (Å²) in [6.45, 7) is 2.48. The van der Waals surface area contributed by atoms with Gasteiger partial charge in [-0.05, 0) is 25.2 Å². The fourth-order valence-corrected chi connectivity index (χ4v) is 2.48. The average Bonchev–Trinajstić information content (AvgIpc) is 2.35. The van der Waals surface area contributed by atoms with E-state index in [9.17, 15) is 18.0 Å². The van der Waals surface area contributed by atoms with Gasteiger partial charge in [0.05, 0.1) is 19.3 Å². The second-order valence-electron chi connectivity index (χ2n) is 5.44. The van der Waals surface area contributed by atoms with E-state index in [0.29, 0.717) is 19.4 Å². The molecule has 9 heteroatoms. The van der Waals surface area contributed by atoms with Crippen molar-refractivity contribution in [2.45, 2.75) is 45.4 Å². The molecule has 0 saturated heterocycles. The Morgan fingerprint density at radius 2 is 1.73 bits per heavy atom. The first-order chi connectivity index (χ1) is 10.1. The van der Waals surface area contributed by atoms with Gasteiger partial charge in [0, 0.05) is 6.54 Å². The van der Waals surface area contributed by atoms with Gasteiger partial charge in [-0.2, -0.15) is 8.42 Å². The van der Waals surface area contributed by atoms with Gasteiger partial charge in [0.2, 0.25) is 0 Å². The zero-order valence-corrected chi connectivity index (χ0v) is 13.8. The molecule has 1 aliphatic rings. The molecule has 0 aliphatic heterocycles. The Bertz CT molecular complexity index is 447. The highest BCUT2D eigenvalue weighted by molar-refractivity contribution is 7.85. The average molecular weight is 339 g/mol. The lowest BCUT2D eigenvalue weighted by Crippen LogP contribution is -2.40. The first kappa shape index (κ1) is 20.6. The summed E-state index contributed by atoms with van der Waals surface area (Å²) in [7, 11) is -3.67. The van der Waals surface area contributed by atoms with Crippen LogP contribution in [0.2, 0.25) is 0 Å². The van der Waals surface area contributed by atoms with Crippen molar-refractivity contribution in [3.8, 4) is 0 Å². The molecule has 0 atom stereocenters. The maximum absolute atomic E-state index is 11.2. The van der Waals surface area contributed by atoms with E-state index < -0.39 is 22.2 Å². The number of carboxylic acid groups (broad SMARTS) is 1. The van der Waals surface area contributed by atoms with E-state index in [4.69, 9.17) is 14.4 Å². The number of rotatable bonds is 5. The van der Waals surface area contributed by atoms with Gasteiger partial charge in [0.1, 0.15) is 0 Å². The molecule has 0 aromatic rings. The van der Waals surface area contributed by atoms with Crippen molar-refractivity contribution in [2.24, 2.45) is 5.41 Å². The van der Waals surface area contributed by atoms with Crippen molar-refractivity contribution < 1.29 is 32.4 Å². The SMILES string of the molecule is CCOC(=O)NCC1(CC(=O)O)CCCCC1.CS(=O)(=O)O. The molecule has 0 aromatic heterocycles. The van der Waals surface area contributed by atoms with Crippen molar-refractivity contribution in [3.63, 3.8) is 0 Å². The van der Waals surface area contributed by atoms with Crippen LogP contribution in [0.25, 0.3) is 0 Å². The van der Waals surface area contributed by atoms with Gasteiger partial charge in [0.25, 0.3) is 10.1 Å². The fourth-order valence-electron chi connectivity index (χ4n) is 2.48. The molecule has 0 bridgehead atoms. The third-order valence-electron chi connectivity index (χ3n) is 3.32. The van der Waals surface area contributed by atoms with E-state index in [1.165, 1.54) is 0 Å². The Hall–Kier alpha value is -1.35. The third kappa shape index (κ3) is 11.3. The molecule has 1 fully saturated rings. The van der Waals surface area contributed by atoms with Crippen molar-refractivity contribution in [1.82, 2.24) is 5.32 Å². The zero-order valence-electron chi connectivity index (χ0n) is 13.0. The molecule has 0 aromatic carbocycles. The lowest BCUT2D eigenvalue weighted by Gasteiger charge is -2.36. The number of nitrogens with one attached hydrogen (secondary N) is 1. The van der Waals surface area contributed by atoms with Gasteiger partial charge in [-0.1, -0.05) is 19.3 Å². The predicted molar refractivity (Wildman–Crippen MR) is 80.3 cm³/mol. The van der Waals surface area contributed by atoms with Gasteiger partial charge in [-0.3, -0.25) is 9.35 Å². The smallest absolute Gasteiger partial charge is 0.407 e. The van der Waals surface area contributed by atoms with Crippen molar-refractivity contribution in [3.05, 3.63) is 0 Å². The van der Waals surface area contributed by atoms with Gasteiger partial charge in [0.15, 0.2) is 0 Å². The van der Waals surface area contributed by atoms with Crippen LogP contribution in [0, 0.1) is 5.41 Å². The molecule has 0 radical (unpaired) electrons. The van der Waals surface area contributed by atoms with E-state index >= 15 is 0 Å². The topological polar surface area (TPSA) is 130 Å². The van der Waals surface area contributed by atoms with E-state index in [0.717, 1.165) is 32.1 Å².